The van der Waals surface area contributed by atoms with Crippen LogP contribution in [0.25, 0.3) is 48.7 Å². The van der Waals surface area contributed by atoms with Crippen molar-refractivity contribution in [1.29, 1.82) is 0 Å². The smallest absolute Gasteiger partial charge is 0.303 e. The summed E-state index contributed by atoms with van der Waals surface area (Å²) in [4.78, 5) is 92.7. The Hall–Kier alpha value is -6.33. The Morgan fingerprint density at radius 2 is 1.11 bits per heavy atom. The Morgan fingerprint density at radius 1 is 0.614 bits per heavy atom. The number of esters is 4. The fourth-order valence-electron chi connectivity index (χ4n) is 9.61. The van der Waals surface area contributed by atoms with Crippen molar-refractivity contribution < 1.29 is 86.7 Å². The first kappa shape index (κ1) is 51.5. The van der Waals surface area contributed by atoms with Gasteiger partial charge in [0.25, 0.3) is 0 Å². The molecule has 0 amide bonds. The van der Waals surface area contributed by atoms with Gasteiger partial charge in [0.1, 0.15) is 24.2 Å². The molecule has 3 N–H and O–H groups in total. The number of carbonyl (C=O) groups excluding carboxylic acids is 5. The van der Waals surface area contributed by atoms with Gasteiger partial charge in [-0.2, -0.15) is 0 Å². The molecule has 1 saturated heterocycles. The number of Topliss-reactive ketones (excluding diaryl/α,β-unsaturated/α-hetero) is 1. The summed E-state index contributed by atoms with van der Waals surface area (Å²) in [5.41, 5.74) is -0.259. The second kappa shape index (κ2) is 20.6. The summed E-state index contributed by atoms with van der Waals surface area (Å²) < 4.78 is 57.8. The first-order chi connectivity index (χ1) is 33.3. The molecule has 5 atom stereocenters. The van der Waals surface area contributed by atoms with Gasteiger partial charge in [0.2, 0.25) is 10.9 Å². The lowest BCUT2D eigenvalue weighted by atomic mass is 9.82. The molecule has 0 radical (unpaired) electrons. The zero-order valence-electron chi connectivity index (χ0n) is 39.7. The van der Waals surface area contributed by atoms with E-state index in [2.05, 4.69) is 0 Å². The SMILES string of the molecule is COc1c(O)c2c(=O)c(SCCO[C@@H]3O[C@H](COC(C)=O)[C@@H](OC(C)=O)[C@H](OC(C)=O)[C@H]3OC(C)=O)c(OC)c3c4c(OC)c(SCCO)c(=O)c5c(O)c(OC)c6c(c(c1CC(C)=C6C(C)=O)c23)c54. The highest BCUT2D eigenvalue weighted by Gasteiger charge is 2.53. The zero-order valence-corrected chi connectivity index (χ0v) is 41.4. The molecule has 0 spiro atoms. The molecule has 5 aromatic carbocycles. The van der Waals surface area contributed by atoms with Crippen LogP contribution < -0.4 is 29.8 Å². The molecule has 2 aliphatic rings. The lowest BCUT2D eigenvalue weighted by molar-refractivity contribution is -0.307. The van der Waals surface area contributed by atoms with Crippen molar-refractivity contribution in [2.45, 2.75) is 88.5 Å². The number of aliphatic hydroxyl groups excluding tert-OH is 1. The van der Waals surface area contributed by atoms with E-state index in [-0.39, 0.29) is 113 Å². The van der Waals surface area contributed by atoms with Gasteiger partial charge < -0.3 is 62.7 Å². The monoisotopic (exact) mass is 1010 g/mol. The van der Waals surface area contributed by atoms with Crippen LogP contribution in [0.15, 0.2) is 25.0 Å². The summed E-state index contributed by atoms with van der Waals surface area (Å²) in [5, 5.41) is 35.1. The largest absolute Gasteiger partial charge is 0.504 e. The number of ether oxygens (including phenoxy) is 10. The highest BCUT2D eigenvalue weighted by atomic mass is 32.2. The van der Waals surface area contributed by atoms with Crippen molar-refractivity contribution in [3.63, 3.8) is 0 Å². The lowest BCUT2D eigenvalue weighted by Crippen LogP contribution is -2.63. The Labute approximate surface area is 407 Å². The highest BCUT2D eigenvalue weighted by molar-refractivity contribution is 7.99. The number of rotatable bonds is 18. The molecule has 1 heterocycles. The number of allylic oxidation sites excluding steroid dienone is 2. The van der Waals surface area contributed by atoms with Gasteiger partial charge in [0.15, 0.2) is 53.4 Å². The highest BCUT2D eigenvalue weighted by Crippen LogP contribution is 2.60. The lowest BCUT2D eigenvalue weighted by Gasteiger charge is -2.44. The maximum absolute atomic E-state index is 15.2. The number of hydrogen-bond donors (Lipinski definition) is 3. The van der Waals surface area contributed by atoms with Gasteiger partial charge in [0.05, 0.1) is 62.2 Å². The summed E-state index contributed by atoms with van der Waals surface area (Å²) in [6.07, 6.45) is -7.30. The minimum absolute atomic E-state index is 0.00117. The van der Waals surface area contributed by atoms with E-state index in [4.69, 9.17) is 47.4 Å². The fourth-order valence-corrected chi connectivity index (χ4v) is 11.4. The third-order valence-corrected chi connectivity index (χ3v) is 14.0. The number of fused-ring (bicyclic) bond motifs is 1. The Morgan fingerprint density at radius 3 is 1.61 bits per heavy atom. The Kier molecular flexibility index (Phi) is 15.1. The summed E-state index contributed by atoms with van der Waals surface area (Å²) in [5.74, 6) is -5.15. The van der Waals surface area contributed by atoms with E-state index in [1.807, 2.05) is 0 Å². The van der Waals surface area contributed by atoms with Gasteiger partial charge in [-0.05, 0) is 25.7 Å². The van der Waals surface area contributed by atoms with Crippen LogP contribution in [0.2, 0.25) is 0 Å². The molecule has 0 aromatic heterocycles. The number of ketones is 1. The minimum Gasteiger partial charge on any atom is -0.504 e. The van der Waals surface area contributed by atoms with Crippen LogP contribution in [0.1, 0.15) is 52.7 Å². The van der Waals surface area contributed by atoms with Crippen molar-refractivity contribution in [2.75, 3.05) is 59.8 Å². The second-order valence-electron chi connectivity index (χ2n) is 16.2. The van der Waals surface area contributed by atoms with E-state index >= 15 is 4.79 Å². The average Bonchev–Trinajstić information content (AvgIpc) is 3.42. The number of methoxy groups -OCH3 is 4. The van der Waals surface area contributed by atoms with Gasteiger partial charge in [-0.3, -0.25) is 33.6 Å². The molecule has 1 aliphatic carbocycles. The van der Waals surface area contributed by atoms with Crippen LogP contribution in [0.3, 0.4) is 0 Å². The minimum atomic E-state index is -1.54. The first-order valence-electron chi connectivity index (χ1n) is 21.6. The summed E-state index contributed by atoms with van der Waals surface area (Å²) in [6, 6.07) is 0. The molecule has 0 bridgehead atoms. The van der Waals surface area contributed by atoms with Gasteiger partial charge in [-0.25, -0.2) is 0 Å². The number of phenolic OH excluding ortho intramolecular Hbond substituents is 2. The molecule has 20 nitrogen and oxygen atoms in total. The number of benzene rings is 5. The normalized spacial score (nSPS) is 18.9. The van der Waals surface area contributed by atoms with Gasteiger partial charge in [0, 0.05) is 82.8 Å². The van der Waals surface area contributed by atoms with E-state index in [0.717, 1.165) is 51.2 Å². The average molecular weight is 1010 g/mol. The Bertz CT molecular complexity index is 3130. The van der Waals surface area contributed by atoms with Gasteiger partial charge in [-0.1, -0.05) is 5.57 Å². The van der Waals surface area contributed by atoms with Crippen LogP contribution in [-0.4, -0.2) is 135 Å². The molecule has 1 aliphatic heterocycles. The number of thioether (sulfide) groups is 2. The summed E-state index contributed by atoms with van der Waals surface area (Å²) in [6.45, 7) is 6.30. The predicted octanol–water partition coefficient (Wildman–Crippen LogP) is 4.54. The maximum Gasteiger partial charge on any atom is 0.303 e. The van der Waals surface area contributed by atoms with Crippen LogP contribution in [-0.2, 0) is 58.8 Å². The predicted molar refractivity (Wildman–Crippen MR) is 254 cm³/mol. The fraction of sp³-hybridized carbons (Fsp3) is 0.438. The molecule has 70 heavy (non-hydrogen) atoms. The van der Waals surface area contributed by atoms with Crippen molar-refractivity contribution in [1.82, 2.24) is 0 Å². The first-order valence-corrected chi connectivity index (χ1v) is 23.6. The molecular weight excluding hydrogens is 961 g/mol. The zero-order chi connectivity index (χ0) is 51.2. The van der Waals surface area contributed by atoms with Gasteiger partial charge >= 0.3 is 23.9 Å². The number of aromatic hydroxyl groups is 2. The third kappa shape index (κ3) is 8.68. The summed E-state index contributed by atoms with van der Waals surface area (Å²) in [7, 11) is 5.23. The van der Waals surface area contributed by atoms with Crippen LogP contribution in [0, 0.1) is 0 Å². The third-order valence-electron chi connectivity index (χ3n) is 11.9. The van der Waals surface area contributed by atoms with Crippen LogP contribution in [0.4, 0.5) is 0 Å². The molecule has 374 valence electrons. The molecule has 7 rings (SSSR count). The van der Waals surface area contributed by atoms with E-state index in [9.17, 15) is 44.1 Å². The van der Waals surface area contributed by atoms with Crippen LogP contribution >= 0.6 is 23.5 Å². The molecule has 0 saturated carbocycles. The van der Waals surface area contributed by atoms with Crippen molar-refractivity contribution in [2.24, 2.45) is 0 Å². The number of carbonyl (C=O) groups is 5. The molecule has 0 unspecified atom stereocenters. The number of phenols is 2. The molecular formula is C48H50O20S2. The summed E-state index contributed by atoms with van der Waals surface area (Å²) >= 11 is 1.87. The number of hydrogen-bond acceptors (Lipinski definition) is 22. The standard InChI is InChI=1S/C48H50O20S2/c1-17-15-23-26-27-29-32(43(62-10)46(69-13-11-49)38(58)34(29)36(56)41(60-8)30(27)25(17)18(2)50)31-28(26)33(35(55)39(23)59-7)37(57)47(42(31)61-9)70-14-12-63-48-45(67-22(6)54)44(66-21(5)53)40(65-20(4)52)24(68-48)16-64-19(3)51/h24,40,44-45,48-49,55-56H,11-16H2,1-10H3/t24-,40-,44+,45-,48-/m1/s1. The molecule has 22 heteroatoms. The molecule has 1 fully saturated rings. The number of aliphatic hydroxyl groups is 1. The topological polar surface area (TPSA) is 272 Å². The quantitative estimate of drug-likeness (QED) is 0.0271. The van der Waals surface area contributed by atoms with Crippen molar-refractivity contribution in [3.8, 4) is 34.5 Å². The van der Waals surface area contributed by atoms with Gasteiger partial charge in [-0.15, -0.1) is 23.5 Å². The van der Waals surface area contributed by atoms with Crippen molar-refractivity contribution in [3.05, 3.63) is 37.1 Å². The van der Waals surface area contributed by atoms with E-state index in [0.29, 0.717) is 16.5 Å². The molecule has 5 aromatic rings. The second-order valence-corrected chi connectivity index (χ2v) is 18.5. The Balaban J connectivity index is 1.49. The van der Waals surface area contributed by atoms with E-state index < -0.39 is 89.3 Å². The van der Waals surface area contributed by atoms with E-state index in [1.165, 1.54) is 35.4 Å². The van der Waals surface area contributed by atoms with E-state index in [1.54, 1.807) is 6.92 Å². The van der Waals surface area contributed by atoms with Crippen molar-refractivity contribution >= 4 is 102 Å². The van der Waals surface area contributed by atoms with Crippen LogP contribution in [0.5, 0.6) is 34.5 Å². The maximum atomic E-state index is 15.2.